The van der Waals surface area contributed by atoms with Crippen LogP contribution in [-0.2, 0) is 11.2 Å². The molecule has 1 fully saturated rings. The number of hydrogen-bond acceptors (Lipinski definition) is 2. The minimum Gasteiger partial charge on any atom is -0.435 e. The van der Waals surface area contributed by atoms with Gasteiger partial charge in [-0.25, -0.2) is 0 Å². The first kappa shape index (κ1) is 11.8. The quantitative estimate of drug-likeness (QED) is 0.857. The number of nitrogens with one attached hydrogen (secondary N) is 1. The van der Waals surface area contributed by atoms with Gasteiger partial charge in [-0.2, -0.15) is 8.78 Å². The highest BCUT2D eigenvalue weighted by molar-refractivity contribution is 5.79. The largest absolute Gasteiger partial charge is 0.435 e. The standard InChI is InChI=1S/C12H13F2NO2/c13-12(14)17-10-5-1-8(2-6-10)7-11(16)15-9-3-4-9/h1-2,5-6,9,12H,3-4,7H2,(H,15,16). The highest BCUT2D eigenvalue weighted by Crippen LogP contribution is 2.19. The number of alkyl halides is 2. The van der Waals surface area contributed by atoms with E-state index in [4.69, 9.17) is 0 Å². The summed E-state index contributed by atoms with van der Waals surface area (Å²) in [6, 6.07) is 6.44. The van der Waals surface area contributed by atoms with Crippen molar-refractivity contribution in [1.82, 2.24) is 5.32 Å². The zero-order valence-electron chi connectivity index (χ0n) is 9.16. The third kappa shape index (κ3) is 4.01. The van der Waals surface area contributed by atoms with E-state index in [0.29, 0.717) is 6.04 Å². The Morgan fingerprint density at radius 2 is 2.00 bits per heavy atom. The van der Waals surface area contributed by atoms with Crippen molar-refractivity contribution in [1.29, 1.82) is 0 Å². The van der Waals surface area contributed by atoms with Gasteiger partial charge in [0.2, 0.25) is 5.91 Å². The fourth-order valence-electron chi connectivity index (χ4n) is 1.48. The molecule has 1 saturated carbocycles. The van der Waals surface area contributed by atoms with Crippen molar-refractivity contribution in [3.8, 4) is 5.75 Å². The van der Waals surface area contributed by atoms with Gasteiger partial charge in [0.05, 0.1) is 6.42 Å². The van der Waals surface area contributed by atoms with Crippen LogP contribution in [0.15, 0.2) is 24.3 Å². The Morgan fingerprint density at radius 1 is 1.35 bits per heavy atom. The molecule has 0 radical (unpaired) electrons. The van der Waals surface area contributed by atoms with E-state index < -0.39 is 6.61 Å². The molecule has 92 valence electrons. The lowest BCUT2D eigenvalue weighted by molar-refractivity contribution is -0.120. The third-order valence-corrected chi connectivity index (χ3v) is 2.46. The van der Waals surface area contributed by atoms with E-state index in [2.05, 4.69) is 10.1 Å². The number of benzene rings is 1. The fourth-order valence-corrected chi connectivity index (χ4v) is 1.48. The van der Waals surface area contributed by atoms with Crippen molar-refractivity contribution < 1.29 is 18.3 Å². The number of amides is 1. The molecule has 2 rings (SSSR count). The zero-order chi connectivity index (χ0) is 12.3. The molecule has 0 aliphatic heterocycles. The first-order chi connectivity index (χ1) is 8.13. The smallest absolute Gasteiger partial charge is 0.387 e. The van der Waals surface area contributed by atoms with Crippen LogP contribution in [0.3, 0.4) is 0 Å². The lowest BCUT2D eigenvalue weighted by atomic mass is 10.1. The summed E-state index contributed by atoms with van der Waals surface area (Å²) in [4.78, 5) is 11.5. The van der Waals surface area contributed by atoms with Crippen LogP contribution in [-0.4, -0.2) is 18.6 Å². The van der Waals surface area contributed by atoms with E-state index in [1.807, 2.05) is 0 Å². The van der Waals surface area contributed by atoms with Crippen LogP contribution in [0.25, 0.3) is 0 Å². The summed E-state index contributed by atoms with van der Waals surface area (Å²) in [5.41, 5.74) is 0.782. The van der Waals surface area contributed by atoms with Crippen molar-refractivity contribution in [2.75, 3.05) is 0 Å². The SMILES string of the molecule is O=C(Cc1ccc(OC(F)F)cc1)NC1CC1. The topological polar surface area (TPSA) is 38.3 Å². The summed E-state index contributed by atoms with van der Waals surface area (Å²) in [5.74, 6) is 0.0707. The summed E-state index contributed by atoms with van der Waals surface area (Å²) in [5, 5.41) is 2.86. The Morgan fingerprint density at radius 3 is 2.53 bits per heavy atom. The first-order valence-electron chi connectivity index (χ1n) is 5.46. The van der Waals surface area contributed by atoms with Crippen molar-refractivity contribution in [2.45, 2.75) is 31.9 Å². The molecule has 1 aromatic carbocycles. The molecule has 0 unspecified atom stereocenters. The van der Waals surface area contributed by atoms with E-state index in [-0.39, 0.29) is 18.1 Å². The van der Waals surface area contributed by atoms with Crippen LogP contribution in [0, 0.1) is 0 Å². The van der Waals surface area contributed by atoms with Crippen molar-refractivity contribution in [3.63, 3.8) is 0 Å². The molecule has 5 heteroatoms. The Balaban J connectivity index is 1.86. The van der Waals surface area contributed by atoms with Crippen LogP contribution in [0.5, 0.6) is 5.75 Å². The second kappa shape index (κ2) is 5.12. The number of rotatable bonds is 5. The Hall–Kier alpha value is -1.65. The van der Waals surface area contributed by atoms with Gasteiger partial charge in [-0.15, -0.1) is 0 Å². The van der Waals surface area contributed by atoms with Crippen LogP contribution in [0.1, 0.15) is 18.4 Å². The third-order valence-electron chi connectivity index (χ3n) is 2.46. The Kier molecular flexibility index (Phi) is 3.56. The average Bonchev–Trinajstić information content (AvgIpc) is 3.04. The van der Waals surface area contributed by atoms with E-state index >= 15 is 0 Å². The number of carbonyl (C=O) groups is 1. The molecule has 17 heavy (non-hydrogen) atoms. The van der Waals surface area contributed by atoms with Crippen molar-refractivity contribution in [2.24, 2.45) is 0 Å². The average molecular weight is 241 g/mol. The number of carbonyl (C=O) groups excluding carboxylic acids is 1. The lowest BCUT2D eigenvalue weighted by Gasteiger charge is -2.06. The maximum Gasteiger partial charge on any atom is 0.387 e. The van der Waals surface area contributed by atoms with Gasteiger partial charge in [-0.1, -0.05) is 12.1 Å². The second-order valence-electron chi connectivity index (χ2n) is 4.04. The maximum atomic E-state index is 11.9. The van der Waals surface area contributed by atoms with Gasteiger partial charge in [-0.05, 0) is 30.5 Å². The molecule has 0 heterocycles. The van der Waals surface area contributed by atoms with Gasteiger partial charge in [-0.3, -0.25) is 4.79 Å². The van der Waals surface area contributed by atoms with Crippen LogP contribution < -0.4 is 10.1 Å². The Labute approximate surface area is 97.8 Å². The molecule has 0 aromatic heterocycles. The van der Waals surface area contributed by atoms with E-state index in [0.717, 1.165) is 18.4 Å². The molecule has 1 aromatic rings. The molecule has 1 aliphatic rings. The van der Waals surface area contributed by atoms with Gasteiger partial charge >= 0.3 is 6.61 Å². The van der Waals surface area contributed by atoms with E-state index in [1.54, 1.807) is 12.1 Å². The molecule has 1 amide bonds. The molecule has 0 spiro atoms. The second-order valence-corrected chi connectivity index (χ2v) is 4.04. The van der Waals surface area contributed by atoms with Gasteiger partial charge in [0.15, 0.2) is 0 Å². The molecule has 0 atom stereocenters. The van der Waals surface area contributed by atoms with Crippen molar-refractivity contribution >= 4 is 5.91 Å². The van der Waals surface area contributed by atoms with Gasteiger partial charge in [0, 0.05) is 6.04 Å². The summed E-state index contributed by atoms with van der Waals surface area (Å²) in [7, 11) is 0. The van der Waals surface area contributed by atoms with E-state index in [1.165, 1.54) is 12.1 Å². The normalized spacial score (nSPS) is 14.8. The molecule has 1 N–H and O–H groups in total. The molecule has 0 saturated heterocycles. The van der Waals surface area contributed by atoms with Gasteiger partial charge < -0.3 is 10.1 Å². The fraction of sp³-hybridized carbons (Fsp3) is 0.417. The monoisotopic (exact) mass is 241 g/mol. The highest BCUT2D eigenvalue weighted by atomic mass is 19.3. The molecular formula is C12H13F2NO2. The minimum atomic E-state index is -2.82. The minimum absolute atomic E-state index is 0.0324. The predicted octanol–water partition coefficient (Wildman–Crippen LogP) is 2.11. The van der Waals surface area contributed by atoms with Crippen LogP contribution in [0.2, 0.25) is 0 Å². The van der Waals surface area contributed by atoms with Crippen molar-refractivity contribution in [3.05, 3.63) is 29.8 Å². The summed E-state index contributed by atoms with van der Waals surface area (Å²) in [6.07, 6.45) is 2.37. The summed E-state index contributed by atoms with van der Waals surface area (Å²) >= 11 is 0. The summed E-state index contributed by atoms with van der Waals surface area (Å²) < 4.78 is 28.0. The predicted molar refractivity (Wildman–Crippen MR) is 57.9 cm³/mol. The lowest BCUT2D eigenvalue weighted by Crippen LogP contribution is -2.26. The number of hydrogen-bond donors (Lipinski definition) is 1. The van der Waals surface area contributed by atoms with Gasteiger partial charge in [0.1, 0.15) is 5.75 Å². The zero-order valence-corrected chi connectivity index (χ0v) is 9.16. The van der Waals surface area contributed by atoms with E-state index in [9.17, 15) is 13.6 Å². The van der Waals surface area contributed by atoms with Crippen LogP contribution in [0.4, 0.5) is 8.78 Å². The molecule has 1 aliphatic carbocycles. The van der Waals surface area contributed by atoms with Gasteiger partial charge in [0.25, 0.3) is 0 Å². The number of halogens is 2. The maximum absolute atomic E-state index is 11.9. The Bertz CT molecular complexity index is 388. The summed E-state index contributed by atoms with van der Waals surface area (Å²) in [6.45, 7) is -2.82. The molecular weight excluding hydrogens is 228 g/mol. The highest BCUT2D eigenvalue weighted by Gasteiger charge is 2.22. The molecule has 3 nitrogen and oxygen atoms in total. The first-order valence-corrected chi connectivity index (χ1v) is 5.46. The molecule has 0 bridgehead atoms. The number of ether oxygens (including phenoxy) is 1. The van der Waals surface area contributed by atoms with Crippen LogP contribution >= 0.6 is 0 Å².